The summed E-state index contributed by atoms with van der Waals surface area (Å²) in [5, 5.41) is 0. The van der Waals surface area contributed by atoms with E-state index in [-0.39, 0.29) is 11.9 Å². The Labute approximate surface area is 114 Å². The van der Waals surface area contributed by atoms with E-state index in [1.165, 1.54) is 0 Å². The Morgan fingerprint density at radius 1 is 1.44 bits per heavy atom. The molecule has 2 N–H and O–H groups in total. The summed E-state index contributed by atoms with van der Waals surface area (Å²) in [6.45, 7) is 0.819. The minimum atomic E-state index is 0.0674. The summed E-state index contributed by atoms with van der Waals surface area (Å²) < 4.78 is 0.904. The van der Waals surface area contributed by atoms with E-state index in [1.807, 2.05) is 29.3 Å². The van der Waals surface area contributed by atoms with Crippen molar-refractivity contribution < 1.29 is 4.79 Å². The average molecular weight is 308 g/mol. The van der Waals surface area contributed by atoms with Crippen molar-refractivity contribution in [1.82, 2.24) is 14.9 Å². The molecule has 1 fully saturated rings. The molecule has 18 heavy (non-hydrogen) atoms. The monoisotopic (exact) mass is 307 g/mol. The number of aromatic amines is 2. The highest BCUT2D eigenvalue weighted by molar-refractivity contribution is 9.10. The third-order valence-electron chi connectivity index (χ3n) is 3.37. The number of amides is 1. The molecule has 1 aliphatic heterocycles. The lowest BCUT2D eigenvalue weighted by atomic mass is 10.1. The number of carbonyl (C=O) groups excluding carboxylic acids is 1. The van der Waals surface area contributed by atoms with E-state index in [0.717, 1.165) is 29.6 Å². The first-order valence-corrected chi connectivity index (χ1v) is 6.83. The molecule has 2 aromatic heterocycles. The quantitative estimate of drug-likeness (QED) is 0.880. The molecule has 4 nitrogen and oxygen atoms in total. The minimum Gasteiger partial charge on any atom is -0.363 e. The molecule has 1 unspecified atom stereocenters. The van der Waals surface area contributed by atoms with Gasteiger partial charge in [-0.05, 0) is 47.0 Å². The Bertz CT molecular complexity index is 546. The van der Waals surface area contributed by atoms with Gasteiger partial charge in [-0.25, -0.2) is 0 Å². The third-order valence-corrected chi connectivity index (χ3v) is 3.83. The van der Waals surface area contributed by atoms with Crippen molar-refractivity contribution in [3.63, 3.8) is 0 Å². The second kappa shape index (κ2) is 4.65. The van der Waals surface area contributed by atoms with Crippen LogP contribution in [0, 0.1) is 0 Å². The molecule has 0 aromatic carbocycles. The van der Waals surface area contributed by atoms with Crippen LogP contribution < -0.4 is 0 Å². The first kappa shape index (κ1) is 11.6. The summed E-state index contributed by atoms with van der Waals surface area (Å²) in [6, 6.07) is 6.02. The predicted octanol–water partition coefficient (Wildman–Crippen LogP) is 3.08. The topological polar surface area (TPSA) is 51.9 Å². The Balaban J connectivity index is 1.85. The summed E-state index contributed by atoms with van der Waals surface area (Å²) in [7, 11) is 0. The zero-order valence-electron chi connectivity index (χ0n) is 9.82. The smallest absolute Gasteiger partial charge is 0.270 e. The first-order chi connectivity index (χ1) is 8.75. The molecule has 1 atom stereocenters. The Morgan fingerprint density at radius 3 is 3.00 bits per heavy atom. The number of hydrogen-bond acceptors (Lipinski definition) is 1. The van der Waals surface area contributed by atoms with Gasteiger partial charge in [0.15, 0.2) is 0 Å². The normalized spacial score (nSPS) is 19.4. The Kier molecular flexibility index (Phi) is 2.99. The fraction of sp³-hybridized carbons (Fsp3) is 0.308. The first-order valence-electron chi connectivity index (χ1n) is 6.04. The Morgan fingerprint density at radius 2 is 2.33 bits per heavy atom. The maximum absolute atomic E-state index is 12.4. The fourth-order valence-corrected chi connectivity index (χ4v) is 2.87. The largest absolute Gasteiger partial charge is 0.363 e. The molecule has 0 saturated carbocycles. The Hall–Kier alpha value is -1.49. The van der Waals surface area contributed by atoms with Crippen molar-refractivity contribution in [1.29, 1.82) is 0 Å². The number of aromatic nitrogens is 2. The standard InChI is InChI=1S/C13H14BrN3O/c14-9-7-11(16-8-9)13(18)17-6-2-4-12(17)10-3-1-5-15-10/h1,3,5,7-8,12,15-16H,2,4,6H2. The molecule has 0 radical (unpaired) electrons. The van der Waals surface area contributed by atoms with Gasteiger partial charge in [0, 0.05) is 29.1 Å². The van der Waals surface area contributed by atoms with E-state index < -0.39 is 0 Å². The van der Waals surface area contributed by atoms with Crippen LogP contribution in [0.3, 0.4) is 0 Å². The van der Waals surface area contributed by atoms with Crippen molar-refractivity contribution in [2.45, 2.75) is 18.9 Å². The van der Waals surface area contributed by atoms with Gasteiger partial charge < -0.3 is 14.9 Å². The van der Waals surface area contributed by atoms with Crippen LogP contribution >= 0.6 is 15.9 Å². The molecule has 1 aliphatic rings. The highest BCUT2D eigenvalue weighted by Gasteiger charge is 2.31. The fourth-order valence-electron chi connectivity index (χ4n) is 2.53. The number of carbonyl (C=O) groups is 1. The lowest BCUT2D eigenvalue weighted by Crippen LogP contribution is -2.30. The molecule has 0 bridgehead atoms. The van der Waals surface area contributed by atoms with Gasteiger partial charge in [-0.3, -0.25) is 4.79 Å². The molecule has 3 heterocycles. The van der Waals surface area contributed by atoms with Gasteiger partial charge in [-0.2, -0.15) is 0 Å². The molecular formula is C13H14BrN3O. The van der Waals surface area contributed by atoms with Crippen molar-refractivity contribution in [3.8, 4) is 0 Å². The summed E-state index contributed by atoms with van der Waals surface area (Å²) >= 11 is 3.35. The maximum atomic E-state index is 12.4. The maximum Gasteiger partial charge on any atom is 0.270 e. The molecule has 0 spiro atoms. The van der Waals surface area contributed by atoms with Crippen LogP contribution in [0.25, 0.3) is 0 Å². The highest BCUT2D eigenvalue weighted by Crippen LogP contribution is 2.32. The van der Waals surface area contributed by atoms with Crippen molar-refractivity contribution in [3.05, 3.63) is 46.5 Å². The molecule has 2 aromatic rings. The van der Waals surface area contributed by atoms with Crippen LogP contribution in [0.15, 0.2) is 35.1 Å². The lowest BCUT2D eigenvalue weighted by Gasteiger charge is -2.23. The molecule has 5 heteroatoms. The van der Waals surface area contributed by atoms with Crippen molar-refractivity contribution >= 4 is 21.8 Å². The molecule has 1 amide bonds. The third kappa shape index (κ3) is 1.99. The number of likely N-dealkylation sites (tertiary alicyclic amines) is 1. The van der Waals surface area contributed by atoms with Gasteiger partial charge in [0.25, 0.3) is 5.91 Å². The summed E-state index contributed by atoms with van der Waals surface area (Å²) in [5.41, 5.74) is 1.76. The zero-order chi connectivity index (χ0) is 12.5. The second-order valence-corrected chi connectivity index (χ2v) is 5.43. The summed E-state index contributed by atoms with van der Waals surface area (Å²) in [6.07, 6.45) is 5.76. The zero-order valence-corrected chi connectivity index (χ0v) is 11.4. The SMILES string of the molecule is O=C(c1cc(Br)c[nH]1)N1CCCC1c1ccc[nH]1. The van der Waals surface area contributed by atoms with E-state index in [0.29, 0.717) is 5.69 Å². The van der Waals surface area contributed by atoms with Crippen molar-refractivity contribution in [2.75, 3.05) is 6.54 Å². The van der Waals surface area contributed by atoms with Crippen LogP contribution in [0.1, 0.15) is 35.1 Å². The van der Waals surface area contributed by atoms with Crippen molar-refractivity contribution in [2.24, 2.45) is 0 Å². The summed E-state index contributed by atoms with van der Waals surface area (Å²) in [5.74, 6) is 0.0674. The number of H-pyrrole nitrogens is 2. The number of hydrogen-bond donors (Lipinski definition) is 2. The number of nitrogens with one attached hydrogen (secondary N) is 2. The van der Waals surface area contributed by atoms with Gasteiger partial charge in [0.2, 0.25) is 0 Å². The van der Waals surface area contributed by atoms with Gasteiger partial charge in [-0.1, -0.05) is 0 Å². The molecule has 3 rings (SSSR count). The second-order valence-electron chi connectivity index (χ2n) is 4.51. The van der Waals surface area contributed by atoms with Gasteiger partial charge >= 0.3 is 0 Å². The predicted molar refractivity (Wildman–Crippen MR) is 72.3 cm³/mol. The average Bonchev–Trinajstić information content (AvgIpc) is 3.08. The van der Waals surface area contributed by atoms with Crippen LogP contribution in [0.4, 0.5) is 0 Å². The minimum absolute atomic E-state index is 0.0674. The molecular weight excluding hydrogens is 294 g/mol. The van der Waals surface area contributed by atoms with E-state index in [9.17, 15) is 4.79 Å². The highest BCUT2D eigenvalue weighted by atomic mass is 79.9. The molecule has 94 valence electrons. The van der Waals surface area contributed by atoms with Gasteiger partial charge in [0.1, 0.15) is 5.69 Å². The van der Waals surface area contributed by atoms with E-state index in [4.69, 9.17) is 0 Å². The number of halogens is 1. The molecule has 1 saturated heterocycles. The van der Waals surface area contributed by atoms with E-state index in [2.05, 4.69) is 25.9 Å². The van der Waals surface area contributed by atoms with Crippen LogP contribution in [0.2, 0.25) is 0 Å². The van der Waals surface area contributed by atoms with Gasteiger partial charge in [-0.15, -0.1) is 0 Å². The lowest BCUT2D eigenvalue weighted by molar-refractivity contribution is 0.0728. The number of rotatable bonds is 2. The van der Waals surface area contributed by atoms with Crippen LogP contribution in [0.5, 0.6) is 0 Å². The molecule has 0 aliphatic carbocycles. The van der Waals surface area contributed by atoms with E-state index in [1.54, 1.807) is 6.20 Å². The summed E-state index contributed by atoms with van der Waals surface area (Å²) in [4.78, 5) is 20.6. The van der Waals surface area contributed by atoms with Crippen LogP contribution in [-0.2, 0) is 0 Å². The van der Waals surface area contributed by atoms with E-state index >= 15 is 0 Å². The number of nitrogens with zero attached hydrogens (tertiary/aromatic N) is 1. The van der Waals surface area contributed by atoms with Gasteiger partial charge in [0.05, 0.1) is 6.04 Å². The van der Waals surface area contributed by atoms with Crippen LogP contribution in [-0.4, -0.2) is 27.3 Å².